The Labute approximate surface area is 190 Å². The van der Waals surface area contributed by atoms with Gasteiger partial charge in [0, 0.05) is 11.6 Å². The molecule has 0 bridgehead atoms. The van der Waals surface area contributed by atoms with Crippen molar-refractivity contribution in [1.29, 1.82) is 0 Å². The number of hydrogen-bond donors (Lipinski definition) is 0. The zero-order chi connectivity index (χ0) is 24.9. The molecule has 0 saturated heterocycles. The molecule has 0 aromatic heterocycles. The second-order valence-corrected chi connectivity index (χ2v) is 9.77. The second kappa shape index (κ2) is 7.98. The molecule has 0 atom stereocenters. The lowest BCUT2D eigenvalue weighted by Gasteiger charge is -2.32. The Bertz CT molecular complexity index is 1420. The molecule has 34 heavy (non-hydrogen) atoms. The van der Waals surface area contributed by atoms with Crippen LogP contribution >= 0.6 is 0 Å². The number of benzene rings is 2. The molecule has 11 nitrogen and oxygen atoms in total. The van der Waals surface area contributed by atoms with Crippen LogP contribution in [0.4, 0.5) is 23.7 Å². The Kier molecular flexibility index (Phi) is 5.52. The molecule has 0 amide bonds. The molecule has 4 rings (SSSR count). The van der Waals surface area contributed by atoms with Crippen molar-refractivity contribution in [1.82, 2.24) is 0 Å². The van der Waals surface area contributed by atoms with Gasteiger partial charge in [-0.3, -0.25) is 0 Å². The van der Waals surface area contributed by atoms with E-state index in [1.54, 1.807) is 0 Å². The highest BCUT2D eigenvalue weighted by Gasteiger charge is 2.52. The van der Waals surface area contributed by atoms with E-state index in [9.17, 15) is 34.8 Å². The number of hydrogen-bond acceptors (Lipinski definition) is 10. The lowest BCUT2D eigenvalue weighted by atomic mass is 10.2. The van der Waals surface area contributed by atoms with Gasteiger partial charge in [-0.15, -0.1) is 0 Å². The van der Waals surface area contributed by atoms with Crippen molar-refractivity contribution >= 4 is 37.7 Å². The summed E-state index contributed by atoms with van der Waals surface area (Å²) >= 11 is 0. The first-order valence-electron chi connectivity index (χ1n) is 8.92. The van der Waals surface area contributed by atoms with Gasteiger partial charge in [-0.2, -0.15) is 25.9 Å². The van der Waals surface area contributed by atoms with E-state index in [2.05, 4.69) is 8.92 Å². The first-order valence-corrected chi connectivity index (χ1v) is 11.8. The molecule has 0 radical (unpaired) electrons. The van der Waals surface area contributed by atoms with Crippen LogP contribution < -0.4 is 13.8 Å². The van der Waals surface area contributed by atoms with E-state index in [1.165, 1.54) is 18.2 Å². The zero-order valence-electron chi connectivity index (χ0n) is 16.7. The predicted octanol–water partition coefficient (Wildman–Crippen LogP) is 2.90. The smallest absolute Gasteiger partial charge is 0.454 e. The molecule has 0 saturated carbocycles. The molecule has 0 aliphatic carbocycles. The fraction of sp³-hybridized carbons (Fsp3) is 0.167. The maximum Gasteiger partial charge on any atom is 0.534 e. The highest BCUT2D eigenvalue weighted by atomic mass is 32.2. The van der Waals surface area contributed by atoms with Crippen molar-refractivity contribution < 1.29 is 57.9 Å². The standard InChI is InChI=1S/C18H12F3NO10S2/c1-28-17(23)31-16-15(32-34(26,27)18(19,20)21)11-4-2-3-5-14(11)33(24,25)22(16)10-6-7-12-13(8-10)30-9-29-12/h2-8H,9H2,1H3. The van der Waals surface area contributed by atoms with Crippen LogP contribution in [-0.2, 0) is 33.8 Å². The third-order valence-electron chi connectivity index (χ3n) is 4.44. The molecule has 16 heteroatoms. The molecule has 0 spiro atoms. The third kappa shape index (κ3) is 3.83. The molecule has 0 N–H and O–H groups in total. The Balaban J connectivity index is 2.03. The highest BCUT2D eigenvalue weighted by molar-refractivity contribution is 7.93. The average Bonchev–Trinajstić information content (AvgIpc) is 3.23. The Morgan fingerprint density at radius 1 is 1.09 bits per heavy atom. The monoisotopic (exact) mass is 523 g/mol. The van der Waals surface area contributed by atoms with Crippen molar-refractivity contribution in [2.45, 2.75) is 10.4 Å². The summed E-state index contributed by atoms with van der Waals surface area (Å²) in [6, 6.07) is 8.02. The SMILES string of the molecule is COC(=O)OC1=C(OS(=O)(=O)C(F)(F)F)c2ccccc2S(=O)(=O)N1c1ccc2c(c1)OCO2. The fourth-order valence-electron chi connectivity index (χ4n) is 3.01. The van der Waals surface area contributed by atoms with Gasteiger partial charge in [-0.05, 0) is 24.3 Å². The number of carbonyl (C=O) groups excluding carboxylic acids is 1. The van der Waals surface area contributed by atoms with Crippen LogP contribution in [0.15, 0.2) is 53.2 Å². The maximum atomic E-state index is 13.5. The summed E-state index contributed by atoms with van der Waals surface area (Å²) in [6.07, 6.45) is -1.57. The lowest BCUT2D eigenvalue weighted by Crippen LogP contribution is -2.38. The summed E-state index contributed by atoms with van der Waals surface area (Å²) < 4.78 is 114. The lowest BCUT2D eigenvalue weighted by molar-refractivity contribution is -0.0510. The molecule has 0 fully saturated rings. The maximum absolute atomic E-state index is 13.5. The van der Waals surface area contributed by atoms with Crippen molar-refractivity contribution in [3.8, 4) is 11.5 Å². The number of carbonyl (C=O) groups is 1. The summed E-state index contributed by atoms with van der Waals surface area (Å²) in [5.41, 5.74) is -6.79. The van der Waals surface area contributed by atoms with Crippen LogP contribution in [-0.4, -0.2) is 42.4 Å². The Morgan fingerprint density at radius 2 is 1.76 bits per heavy atom. The molecule has 2 aromatic rings. The molecule has 2 heterocycles. The minimum Gasteiger partial charge on any atom is -0.454 e. The molecule has 2 aliphatic heterocycles. The van der Waals surface area contributed by atoms with E-state index >= 15 is 0 Å². The normalized spacial score (nSPS) is 16.6. The molecule has 2 aromatic carbocycles. The largest absolute Gasteiger partial charge is 0.534 e. The number of nitrogens with zero attached hydrogens (tertiary/aromatic N) is 1. The van der Waals surface area contributed by atoms with Gasteiger partial charge in [0.25, 0.3) is 15.9 Å². The van der Waals surface area contributed by atoms with E-state index in [1.807, 2.05) is 0 Å². The second-order valence-electron chi connectivity index (χ2n) is 6.48. The quantitative estimate of drug-likeness (QED) is 0.334. The van der Waals surface area contributed by atoms with Gasteiger partial charge in [0.05, 0.1) is 17.7 Å². The number of halogens is 3. The van der Waals surface area contributed by atoms with Gasteiger partial charge in [0.1, 0.15) is 0 Å². The van der Waals surface area contributed by atoms with Crippen LogP contribution in [0.1, 0.15) is 5.56 Å². The predicted molar refractivity (Wildman–Crippen MR) is 105 cm³/mol. The van der Waals surface area contributed by atoms with Crippen LogP contribution in [0.2, 0.25) is 0 Å². The number of alkyl halides is 3. The van der Waals surface area contributed by atoms with Gasteiger partial charge < -0.3 is 23.1 Å². The van der Waals surface area contributed by atoms with Gasteiger partial charge in [0.2, 0.25) is 12.6 Å². The molecule has 2 aliphatic rings. The first-order chi connectivity index (χ1) is 15.9. The van der Waals surface area contributed by atoms with Crippen LogP contribution in [0.5, 0.6) is 11.5 Å². The third-order valence-corrected chi connectivity index (χ3v) is 7.16. The summed E-state index contributed by atoms with van der Waals surface area (Å²) in [4.78, 5) is 11.3. The molecule has 182 valence electrons. The zero-order valence-corrected chi connectivity index (χ0v) is 18.4. The summed E-state index contributed by atoms with van der Waals surface area (Å²) in [5.74, 6) is -2.13. The van der Waals surface area contributed by atoms with Crippen LogP contribution in [0.3, 0.4) is 0 Å². The number of rotatable bonds is 4. The van der Waals surface area contributed by atoms with E-state index in [0.29, 0.717) is 0 Å². The summed E-state index contributed by atoms with van der Waals surface area (Å²) in [7, 11) is -10.2. The van der Waals surface area contributed by atoms with E-state index in [0.717, 1.165) is 31.4 Å². The topological polar surface area (TPSA) is 135 Å². The van der Waals surface area contributed by atoms with Crippen molar-refractivity contribution in [3.05, 3.63) is 53.9 Å². The van der Waals surface area contributed by atoms with E-state index in [4.69, 9.17) is 14.2 Å². The van der Waals surface area contributed by atoms with Gasteiger partial charge >= 0.3 is 21.8 Å². The van der Waals surface area contributed by atoms with Gasteiger partial charge in [0.15, 0.2) is 11.5 Å². The average molecular weight is 523 g/mol. The number of fused-ring (bicyclic) bond motifs is 2. The first kappa shape index (κ1) is 23.5. The number of sulfonamides is 1. The number of ether oxygens (including phenoxy) is 4. The Morgan fingerprint density at radius 3 is 2.44 bits per heavy atom. The number of methoxy groups -OCH3 is 1. The van der Waals surface area contributed by atoms with Crippen LogP contribution in [0, 0.1) is 0 Å². The van der Waals surface area contributed by atoms with Crippen molar-refractivity contribution in [2.75, 3.05) is 18.2 Å². The van der Waals surface area contributed by atoms with E-state index in [-0.39, 0.29) is 28.3 Å². The molecular formula is C18H12F3NO10S2. The Hall–Kier alpha value is -3.66. The van der Waals surface area contributed by atoms with Crippen molar-refractivity contribution in [3.63, 3.8) is 0 Å². The van der Waals surface area contributed by atoms with Gasteiger partial charge in [-0.25, -0.2) is 13.2 Å². The fourth-order valence-corrected chi connectivity index (χ4v) is 5.10. The van der Waals surface area contributed by atoms with Gasteiger partial charge in [-0.1, -0.05) is 12.1 Å². The van der Waals surface area contributed by atoms with Crippen LogP contribution in [0.25, 0.3) is 5.76 Å². The minimum absolute atomic E-state index is 0.0642. The van der Waals surface area contributed by atoms with Crippen molar-refractivity contribution in [2.24, 2.45) is 0 Å². The van der Waals surface area contributed by atoms with E-state index < -0.39 is 53.9 Å². The summed E-state index contributed by atoms with van der Waals surface area (Å²) in [5, 5.41) is 0. The summed E-state index contributed by atoms with van der Waals surface area (Å²) in [6.45, 7) is -0.187. The highest BCUT2D eigenvalue weighted by Crippen LogP contribution is 2.45. The minimum atomic E-state index is -6.32. The number of anilines is 1. The molecule has 0 unspecified atom stereocenters. The molecular weight excluding hydrogens is 511 g/mol.